The molecule has 26 heavy (non-hydrogen) atoms. The third kappa shape index (κ3) is 3.82. The van der Waals surface area contributed by atoms with E-state index in [4.69, 9.17) is 0 Å². The summed E-state index contributed by atoms with van der Waals surface area (Å²) in [5.74, 6) is 0.373. The Balaban J connectivity index is 1.29. The van der Waals surface area contributed by atoms with E-state index >= 15 is 0 Å². The zero-order chi connectivity index (χ0) is 18.1. The Bertz CT molecular complexity index is 581. The van der Waals surface area contributed by atoms with E-state index in [1.54, 1.807) is 0 Å². The molecule has 0 unspecified atom stereocenters. The van der Waals surface area contributed by atoms with E-state index in [1.165, 1.54) is 63.5 Å². The third-order valence-corrected chi connectivity index (χ3v) is 7.80. The van der Waals surface area contributed by atoms with Gasteiger partial charge < -0.3 is 0 Å². The van der Waals surface area contributed by atoms with Gasteiger partial charge in [-0.1, -0.05) is 25.7 Å². The maximum atomic E-state index is 13.5. The summed E-state index contributed by atoms with van der Waals surface area (Å²) >= 11 is 0. The Morgan fingerprint density at radius 1 is 0.538 bits per heavy atom. The van der Waals surface area contributed by atoms with Crippen LogP contribution < -0.4 is 0 Å². The molecule has 3 heteroatoms. The summed E-state index contributed by atoms with van der Waals surface area (Å²) in [5.41, 5.74) is 0.643. The van der Waals surface area contributed by atoms with Gasteiger partial charge in [-0.15, -0.1) is 0 Å². The molecule has 1 aromatic carbocycles. The molecule has 3 fully saturated rings. The molecule has 0 heterocycles. The highest BCUT2D eigenvalue weighted by Gasteiger charge is 2.34. The lowest BCUT2D eigenvalue weighted by Crippen LogP contribution is -2.27. The highest BCUT2D eigenvalue weighted by atomic mass is 19.2. The summed E-state index contributed by atoms with van der Waals surface area (Å²) in [4.78, 5) is 0. The molecule has 0 aliphatic heterocycles. The monoisotopic (exact) mass is 364 g/mol. The minimum absolute atomic E-state index is 0.186. The van der Waals surface area contributed by atoms with Gasteiger partial charge in [0.15, 0.2) is 17.5 Å². The second-order valence-electron chi connectivity index (χ2n) is 9.13. The second kappa shape index (κ2) is 7.94. The van der Waals surface area contributed by atoms with E-state index in [0.717, 1.165) is 49.4 Å². The molecular formula is C23H31F3. The molecule has 144 valence electrons. The van der Waals surface area contributed by atoms with Crippen LogP contribution in [0.5, 0.6) is 0 Å². The van der Waals surface area contributed by atoms with Crippen molar-refractivity contribution in [3.8, 4) is 0 Å². The molecular weight excluding hydrogens is 333 g/mol. The van der Waals surface area contributed by atoms with Crippen molar-refractivity contribution in [2.75, 3.05) is 0 Å². The lowest BCUT2D eigenvalue weighted by molar-refractivity contribution is 0.135. The summed E-state index contributed by atoms with van der Waals surface area (Å²) in [6.45, 7) is 0. The van der Waals surface area contributed by atoms with Crippen molar-refractivity contribution >= 4 is 0 Å². The van der Waals surface area contributed by atoms with E-state index in [-0.39, 0.29) is 5.92 Å². The normalized spacial score (nSPS) is 33.5. The zero-order valence-corrected chi connectivity index (χ0v) is 15.7. The Morgan fingerprint density at radius 3 is 1.38 bits per heavy atom. The van der Waals surface area contributed by atoms with Crippen LogP contribution in [-0.4, -0.2) is 0 Å². The highest BCUT2D eigenvalue weighted by molar-refractivity contribution is 5.23. The summed E-state index contributed by atoms with van der Waals surface area (Å²) < 4.78 is 40.2. The Morgan fingerprint density at radius 2 is 0.923 bits per heavy atom. The molecule has 0 bridgehead atoms. The topological polar surface area (TPSA) is 0 Å². The molecule has 0 aromatic heterocycles. The number of hydrogen-bond acceptors (Lipinski definition) is 0. The van der Waals surface area contributed by atoms with Crippen molar-refractivity contribution in [1.82, 2.24) is 0 Å². The summed E-state index contributed by atoms with van der Waals surface area (Å²) in [5, 5.41) is 0. The number of benzene rings is 1. The van der Waals surface area contributed by atoms with Crippen LogP contribution in [0.15, 0.2) is 12.1 Å². The van der Waals surface area contributed by atoms with Crippen LogP contribution in [-0.2, 0) is 0 Å². The van der Waals surface area contributed by atoms with E-state index < -0.39 is 17.5 Å². The smallest absolute Gasteiger partial charge is 0.194 e. The van der Waals surface area contributed by atoms with Gasteiger partial charge >= 0.3 is 0 Å². The molecule has 0 saturated heterocycles. The first-order valence-electron chi connectivity index (χ1n) is 10.8. The average Bonchev–Trinajstić information content (AvgIpc) is 3.21. The molecule has 0 atom stereocenters. The van der Waals surface area contributed by atoms with E-state index in [9.17, 15) is 13.2 Å². The number of halogens is 3. The predicted octanol–water partition coefficient (Wildman–Crippen LogP) is 7.37. The minimum Gasteiger partial charge on any atom is -0.204 e. The summed E-state index contributed by atoms with van der Waals surface area (Å²) in [6.07, 6.45) is 15.7. The van der Waals surface area contributed by atoms with Crippen LogP contribution in [0.4, 0.5) is 13.2 Å². The van der Waals surface area contributed by atoms with Gasteiger partial charge in [-0.3, -0.25) is 0 Å². The first-order valence-corrected chi connectivity index (χ1v) is 10.8. The van der Waals surface area contributed by atoms with Gasteiger partial charge in [0.1, 0.15) is 0 Å². The fourth-order valence-electron chi connectivity index (χ4n) is 6.25. The predicted molar refractivity (Wildman–Crippen MR) is 98.4 cm³/mol. The second-order valence-corrected chi connectivity index (χ2v) is 9.13. The van der Waals surface area contributed by atoms with Crippen LogP contribution in [0.2, 0.25) is 0 Å². The lowest BCUT2D eigenvalue weighted by atomic mass is 9.66. The Labute approximate surface area is 155 Å². The molecule has 4 rings (SSSR count). The van der Waals surface area contributed by atoms with Crippen LogP contribution in [0.1, 0.15) is 88.5 Å². The Hall–Kier alpha value is -0.990. The Kier molecular flexibility index (Phi) is 5.61. The van der Waals surface area contributed by atoms with E-state index in [0.29, 0.717) is 5.56 Å². The van der Waals surface area contributed by atoms with Crippen LogP contribution in [0.3, 0.4) is 0 Å². The van der Waals surface area contributed by atoms with E-state index in [1.807, 2.05) is 0 Å². The molecule has 0 nitrogen and oxygen atoms in total. The standard InChI is InChI=1S/C23H31F3/c24-21-13-20(14-22(25)23(21)26)19-11-9-18(10-12-19)17-7-5-16(6-8-17)15-3-1-2-4-15/h13-19H,1-12H2/t16-,17-,18-,19-. The van der Waals surface area contributed by atoms with Crippen molar-refractivity contribution in [2.45, 2.75) is 83.0 Å². The fraction of sp³-hybridized carbons (Fsp3) is 0.739. The zero-order valence-electron chi connectivity index (χ0n) is 15.7. The first kappa shape index (κ1) is 18.4. The summed E-state index contributed by atoms with van der Waals surface area (Å²) in [6, 6.07) is 2.41. The van der Waals surface area contributed by atoms with Gasteiger partial charge in [0, 0.05) is 0 Å². The molecule has 0 N–H and O–H groups in total. The quantitative estimate of drug-likeness (QED) is 0.491. The minimum atomic E-state index is -1.35. The largest absolute Gasteiger partial charge is 0.204 e. The third-order valence-electron chi connectivity index (χ3n) is 7.80. The average molecular weight is 364 g/mol. The van der Waals surface area contributed by atoms with Gasteiger partial charge in [-0.25, -0.2) is 13.2 Å². The fourth-order valence-corrected chi connectivity index (χ4v) is 6.25. The van der Waals surface area contributed by atoms with Crippen molar-refractivity contribution in [1.29, 1.82) is 0 Å². The van der Waals surface area contributed by atoms with Crippen LogP contribution in [0.25, 0.3) is 0 Å². The van der Waals surface area contributed by atoms with Gasteiger partial charge in [-0.2, -0.15) is 0 Å². The van der Waals surface area contributed by atoms with Crippen molar-refractivity contribution in [3.05, 3.63) is 35.1 Å². The molecule has 0 radical (unpaired) electrons. The van der Waals surface area contributed by atoms with Crippen molar-refractivity contribution in [3.63, 3.8) is 0 Å². The number of rotatable bonds is 3. The molecule has 3 saturated carbocycles. The van der Waals surface area contributed by atoms with Gasteiger partial charge in [-0.05, 0) is 98.7 Å². The van der Waals surface area contributed by atoms with Crippen LogP contribution in [0, 0.1) is 41.1 Å². The number of hydrogen-bond donors (Lipinski definition) is 0. The first-order chi connectivity index (χ1) is 12.6. The van der Waals surface area contributed by atoms with E-state index in [2.05, 4.69) is 0 Å². The van der Waals surface area contributed by atoms with Crippen molar-refractivity contribution < 1.29 is 13.2 Å². The molecule has 1 aromatic rings. The lowest BCUT2D eigenvalue weighted by Gasteiger charge is -2.39. The van der Waals surface area contributed by atoms with Crippen LogP contribution >= 0.6 is 0 Å². The maximum Gasteiger partial charge on any atom is 0.194 e. The molecule has 3 aliphatic rings. The molecule has 0 amide bonds. The van der Waals surface area contributed by atoms with Gasteiger partial charge in [0.25, 0.3) is 0 Å². The van der Waals surface area contributed by atoms with Crippen molar-refractivity contribution in [2.24, 2.45) is 23.7 Å². The SMILES string of the molecule is Fc1cc([C@H]2CC[C@H]([C@H]3CC[C@H](C4CCCC4)CC3)CC2)cc(F)c1F. The summed E-state index contributed by atoms with van der Waals surface area (Å²) in [7, 11) is 0. The van der Waals surface area contributed by atoms with Gasteiger partial charge in [0.2, 0.25) is 0 Å². The van der Waals surface area contributed by atoms with Gasteiger partial charge in [0.05, 0.1) is 0 Å². The molecule has 3 aliphatic carbocycles. The highest BCUT2D eigenvalue weighted by Crippen LogP contribution is 2.47. The molecule has 0 spiro atoms. The maximum absolute atomic E-state index is 13.5.